The first kappa shape index (κ1) is 15.1. The van der Waals surface area contributed by atoms with Gasteiger partial charge < -0.3 is 11.1 Å². The fraction of sp³-hybridized carbons (Fsp3) is 0.308. The minimum atomic E-state index is -3.43. The normalized spacial score (nSPS) is 11.7. The first-order valence-corrected chi connectivity index (χ1v) is 7.35. The van der Waals surface area contributed by atoms with E-state index in [1.807, 2.05) is 0 Å². The second-order valence-corrected chi connectivity index (χ2v) is 6.80. The Morgan fingerprint density at radius 3 is 2.42 bits per heavy atom. The fourth-order valence-electron chi connectivity index (χ4n) is 1.36. The van der Waals surface area contributed by atoms with E-state index in [0.717, 1.165) is 6.26 Å². The summed E-state index contributed by atoms with van der Waals surface area (Å²) in [6, 6.07) is 3.97. The lowest BCUT2D eigenvalue weighted by Crippen LogP contribution is -2.42. The Morgan fingerprint density at radius 2 is 1.95 bits per heavy atom. The molecule has 5 nitrogen and oxygen atoms in total. The summed E-state index contributed by atoms with van der Waals surface area (Å²) in [7, 11) is -3.43. The molecule has 6 heteroatoms. The van der Waals surface area contributed by atoms with Gasteiger partial charge in [-0.15, -0.1) is 6.42 Å². The van der Waals surface area contributed by atoms with Crippen LogP contribution in [0.2, 0.25) is 0 Å². The second-order valence-electron chi connectivity index (χ2n) is 4.79. The van der Waals surface area contributed by atoms with E-state index in [-0.39, 0.29) is 16.1 Å². The molecule has 1 amide bonds. The van der Waals surface area contributed by atoms with Gasteiger partial charge in [0.2, 0.25) is 0 Å². The van der Waals surface area contributed by atoms with E-state index in [4.69, 9.17) is 12.2 Å². The van der Waals surface area contributed by atoms with Crippen LogP contribution in [0.5, 0.6) is 0 Å². The number of carbonyl (C=O) groups excluding carboxylic acids is 1. The number of amides is 1. The molecule has 0 saturated heterocycles. The molecule has 0 saturated carbocycles. The van der Waals surface area contributed by atoms with Gasteiger partial charge in [0.25, 0.3) is 5.91 Å². The number of terminal acetylenes is 1. The summed E-state index contributed by atoms with van der Waals surface area (Å²) < 4.78 is 23.0. The number of nitrogens with two attached hydrogens (primary N) is 1. The van der Waals surface area contributed by atoms with Crippen molar-refractivity contribution >= 4 is 21.4 Å². The molecule has 0 heterocycles. The Hall–Kier alpha value is -2.00. The Bertz CT molecular complexity index is 655. The molecule has 0 aromatic heterocycles. The van der Waals surface area contributed by atoms with Gasteiger partial charge in [-0.1, -0.05) is 5.92 Å². The molecular formula is C13H16N2O3S. The Kier molecular flexibility index (Phi) is 3.91. The fourth-order valence-corrected chi connectivity index (χ4v) is 2.05. The topological polar surface area (TPSA) is 89.3 Å². The van der Waals surface area contributed by atoms with Crippen LogP contribution in [0.4, 0.5) is 5.69 Å². The van der Waals surface area contributed by atoms with E-state index in [1.165, 1.54) is 18.2 Å². The van der Waals surface area contributed by atoms with Gasteiger partial charge in [-0.2, -0.15) is 0 Å². The smallest absolute Gasteiger partial charge is 0.252 e. The van der Waals surface area contributed by atoms with Gasteiger partial charge in [0.15, 0.2) is 9.84 Å². The van der Waals surface area contributed by atoms with Crippen LogP contribution in [0.25, 0.3) is 0 Å². The first-order valence-electron chi connectivity index (χ1n) is 5.46. The van der Waals surface area contributed by atoms with Crippen molar-refractivity contribution in [2.24, 2.45) is 0 Å². The molecule has 1 aromatic carbocycles. The molecule has 1 aromatic rings. The Labute approximate surface area is 113 Å². The van der Waals surface area contributed by atoms with Crippen molar-refractivity contribution in [3.05, 3.63) is 23.8 Å². The lowest BCUT2D eigenvalue weighted by molar-refractivity contribution is 0.0929. The monoisotopic (exact) mass is 280 g/mol. The maximum Gasteiger partial charge on any atom is 0.252 e. The molecular weight excluding hydrogens is 264 g/mol. The highest BCUT2D eigenvalue weighted by Gasteiger charge is 2.20. The van der Waals surface area contributed by atoms with Crippen molar-refractivity contribution in [3.63, 3.8) is 0 Å². The van der Waals surface area contributed by atoms with Gasteiger partial charge in [0, 0.05) is 17.5 Å². The van der Waals surface area contributed by atoms with Crippen LogP contribution >= 0.6 is 0 Å². The standard InChI is InChI=1S/C13H16N2O3S/c1-5-13(2,3)15-12(16)9-6-10(14)8-11(7-9)19(4,17)18/h1,6-8H,14H2,2-4H3,(H,15,16). The van der Waals surface area contributed by atoms with E-state index in [2.05, 4.69) is 11.2 Å². The first-order chi connectivity index (χ1) is 8.55. The van der Waals surface area contributed by atoms with Gasteiger partial charge in [-0.05, 0) is 32.0 Å². The summed E-state index contributed by atoms with van der Waals surface area (Å²) >= 11 is 0. The van der Waals surface area contributed by atoms with Crippen LogP contribution in [0.15, 0.2) is 23.1 Å². The van der Waals surface area contributed by atoms with E-state index in [1.54, 1.807) is 13.8 Å². The predicted octanol–water partition coefficient (Wildman–Crippen LogP) is 0.814. The average molecular weight is 280 g/mol. The van der Waals surface area contributed by atoms with Gasteiger partial charge in [-0.3, -0.25) is 4.79 Å². The summed E-state index contributed by atoms with van der Waals surface area (Å²) in [5.41, 5.74) is 5.14. The number of benzene rings is 1. The largest absolute Gasteiger partial charge is 0.399 e. The summed E-state index contributed by atoms with van der Waals surface area (Å²) in [5.74, 6) is 1.95. The number of anilines is 1. The van der Waals surface area contributed by atoms with E-state index >= 15 is 0 Å². The minimum Gasteiger partial charge on any atom is -0.399 e. The highest BCUT2D eigenvalue weighted by atomic mass is 32.2. The zero-order valence-electron chi connectivity index (χ0n) is 11.0. The maximum absolute atomic E-state index is 12.0. The Balaban J connectivity index is 3.20. The third-order valence-electron chi connectivity index (χ3n) is 2.41. The van der Waals surface area contributed by atoms with Gasteiger partial charge >= 0.3 is 0 Å². The number of hydrogen-bond donors (Lipinski definition) is 2. The third-order valence-corrected chi connectivity index (χ3v) is 3.50. The molecule has 0 spiro atoms. The van der Waals surface area contributed by atoms with Gasteiger partial charge in [-0.25, -0.2) is 8.42 Å². The molecule has 0 aliphatic rings. The molecule has 0 unspecified atom stereocenters. The highest BCUT2D eigenvalue weighted by molar-refractivity contribution is 7.90. The SMILES string of the molecule is C#CC(C)(C)NC(=O)c1cc(N)cc(S(C)(=O)=O)c1. The average Bonchev–Trinajstić information content (AvgIpc) is 2.26. The van der Waals surface area contributed by atoms with Crippen LogP contribution in [-0.4, -0.2) is 26.1 Å². The number of carbonyl (C=O) groups is 1. The number of nitrogens with one attached hydrogen (secondary N) is 1. The van der Waals surface area contributed by atoms with Gasteiger partial charge in [0.1, 0.15) is 0 Å². The van der Waals surface area contributed by atoms with Crippen LogP contribution in [0.1, 0.15) is 24.2 Å². The van der Waals surface area contributed by atoms with Crippen molar-refractivity contribution in [2.45, 2.75) is 24.3 Å². The van der Waals surface area contributed by atoms with Crippen molar-refractivity contribution in [1.82, 2.24) is 5.32 Å². The van der Waals surface area contributed by atoms with Gasteiger partial charge in [0.05, 0.1) is 10.4 Å². The minimum absolute atomic E-state index is 0.00355. The number of rotatable bonds is 3. The zero-order chi connectivity index (χ0) is 14.8. The number of sulfone groups is 1. The van der Waals surface area contributed by atoms with Crippen molar-refractivity contribution < 1.29 is 13.2 Å². The molecule has 0 bridgehead atoms. The summed E-state index contributed by atoms with van der Waals surface area (Å²) in [6.45, 7) is 3.32. The van der Waals surface area contributed by atoms with E-state index in [0.29, 0.717) is 0 Å². The molecule has 3 N–H and O–H groups in total. The maximum atomic E-state index is 12.0. The highest BCUT2D eigenvalue weighted by Crippen LogP contribution is 2.17. The van der Waals surface area contributed by atoms with E-state index in [9.17, 15) is 13.2 Å². The molecule has 0 atom stereocenters. The summed E-state index contributed by atoms with van der Waals surface area (Å²) in [6.07, 6.45) is 6.33. The summed E-state index contributed by atoms with van der Waals surface area (Å²) in [5, 5.41) is 2.60. The number of nitrogen functional groups attached to an aromatic ring is 1. The molecule has 0 aliphatic heterocycles. The molecule has 19 heavy (non-hydrogen) atoms. The van der Waals surface area contributed by atoms with Crippen LogP contribution in [-0.2, 0) is 9.84 Å². The lowest BCUT2D eigenvalue weighted by atomic mass is 10.1. The predicted molar refractivity (Wildman–Crippen MR) is 74.3 cm³/mol. The van der Waals surface area contributed by atoms with Crippen molar-refractivity contribution in [2.75, 3.05) is 12.0 Å². The molecule has 1 rings (SSSR count). The van der Waals surface area contributed by atoms with Crippen LogP contribution in [0.3, 0.4) is 0 Å². The molecule has 0 aliphatic carbocycles. The molecule has 0 fully saturated rings. The Morgan fingerprint density at radius 1 is 1.37 bits per heavy atom. The van der Waals surface area contributed by atoms with Crippen LogP contribution < -0.4 is 11.1 Å². The lowest BCUT2D eigenvalue weighted by Gasteiger charge is -2.19. The molecule has 0 radical (unpaired) electrons. The molecule has 102 valence electrons. The second kappa shape index (κ2) is 4.94. The third kappa shape index (κ3) is 4.00. The quantitative estimate of drug-likeness (QED) is 0.633. The number of hydrogen-bond acceptors (Lipinski definition) is 4. The van der Waals surface area contributed by atoms with Crippen molar-refractivity contribution in [3.8, 4) is 12.3 Å². The van der Waals surface area contributed by atoms with Crippen LogP contribution in [0, 0.1) is 12.3 Å². The van der Waals surface area contributed by atoms with E-state index < -0.39 is 21.3 Å². The zero-order valence-corrected chi connectivity index (χ0v) is 11.8. The summed E-state index contributed by atoms with van der Waals surface area (Å²) in [4.78, 5) is 12.0. The van der Waals surface area contributed by atoms with Crippen molar-refractivity contribution in [1.29, 1.82) is 0 Å².